The van der Waals surface area contributed by atoms with E-state index < -0.39 is 17.9 Å². The van der Waals surface area contributed by atoms with E-state index in [4.69, 9.17) is 5.11 Å². The molecule has 0 aliphatic carbocycles. The summed E-state index contributed by atoms with van der Waals surface area (Å²) in [7, 11) is 0. The van der Waals surface area contributed by atoms with Crippen molar-refractivity contribution in [3.8, 4) is 0 Å². The van der Waals surface area contributed by atoms with Crippen molar-refractivity contribution in [1.29, 1.82) is 0 Å². The summed E-state index contributed by atoms with van der Waals surface area (Å²) in [6, 6.07) is 7.22. The summed E-state index contributed by atoms with van der Waals surface area (Å²) >= 11 is 0. The third-order valence-corrected chi connectivity index (χ3v) is 2.18. The van der Waals surface area contributed by atoms with E-state index in [0.717, 1.165) is 0 Å². The summed E-state index contributed by atoms with van der Waals surface area (Å²) in [6.45, 7) is 1.03. The molecule has 1 aromatic carbocycles. The SMILES string of the molecule is CC(=O)NCC(=O)NC(C(=O)O)c1ccccc1. The van der Waals surface area contributed by atoms with Crippen LogP contribution < -0.4 is 10.6 Å². The molecule has 0 bridgehead atoms. The van der Waals surface area contributed by atoms with E-state index >= 15 is 0 Å². The lowest BCUT2D eigenvalue weighted by Crippen LogP contribution is -2.40. The van der Waals surface area contributed by atoms with Crippen LogP contribution in [0.15, 0.2) is 30.3 Å². The van der Waals surface area contributed by atoms with Crippen LogP contribution in [-0.4, -0.2) is 29.4 Å². The molecule has 6 nitrogen and oxygen atoms in total. The average Bonchev–Trinajstić information content (AvgIpc) is 2.34. The van der Waals surface area contributed by atoms with E-state index in [-0.39, 0.29) is 12.5 Å². The molecule has 1 aromatic rings. The summed E-state index contributed by atoms with van der Waals surface area (Å²) in [5.41, 5.74) is 0.473. The van der Waals surface area contributed by atoms with Gasteiger partial charge in [0.1, 0.15) is 0 Å². The molecule has 18 heavy (non-hydrogen) atoms. The van der Waals surface area contributed by atoms with Gasteiger partial charge in [0.05, 0.1) is 6.54 Å². The number of carbonyl (C=O) groups excluding carboxylic acids is 2. The van der Waals surface area contributed by atoms with Crippen LogP contribution in [0.1, 0.15) is 18.5 Å². The van der Waals surface area contributed by atoms with Gasteiger partial charge in [-0.3, -0.25) is 9.59 Å². The topological polar surface area (TPSA) is 95.5 Å². The van der Waals surface area contributed by atoms with Gasteiger partial charge in [-0.05, 0) is 5.56 Å². The molecule has 1 unspecified atom stereocenters. The first-order valence-electron chi connectivity index (χ1n) is 5.32. The highest BCUT2D eigenvalue weighted by atomic mass is 16.4. The van der Waals surface area contributed by atoms with Crippen LogP contribution in [0.4, 0.5) is 0 Å². The van der Waals surface area contributed by atoms with E-state index in [1.54, 1.807) is 30.3 Å². The zero-order valence-electron chi connectivity index (χ0n) is 9.84. The minimum Gasteiger partial charge on any atom is -0.479 e. The first-order valence-corrected chi connectivity index (χ1v) is 5.32. The Hall–Kier alpha value is -2.37. The number of carbonyl (C=O) groups is 3. The van der Waals surface area contributed by atoms with Gasteiger partial charge < -0.3 is 15.7 Å². The van der Waals surface area contributed by atoms with Crippen LogP contribution in [-0.2, 0) is 14.4 Å². The van der Waals surface area contributed by atoms with Crippen molar-refractivity contribution in [3.05, 3.63) is 35.9 Å². The number of hydrogen-bond donors (Lipinski definition) is 3. The van der Waals surface area contributed by atoms with Crippen LogP contribution in [0.2, 0.25) is 0 Å². The number of carboxylic acids is 1. The third kappa shape index (κ3) is 4.25. The Kier molecular flexibility index (Phi) is 4.86. The fourth-order valence-electron chi connectivity index (χ4n) is 1.35. The lowest BCUT2D eigenvalue weighted by Gasteiger charge is -2.14. The number of aliphatic carboxylic acids is 1. The Morgan fingerprint density at radius 2 is 1.83 bits per heavy atom. The smallest absolute Gasteiger partial charge is 0.330 e. The molecule has 0 heterocycles. The maximum atomic E-state index is 11.4. The normalized spacial score (nSPS) is 11.4. The molecule has 0 aromatic heterocycles. The van der Waals surface area contributed by atoms with Crippen molar-refractivity contribution in [2.45, 2.75) is 13.0 Å². The third-order valence-electron chi connectivity index (χ3n) is 2.18. The Morgan fingerprint density at radius 1 is 1.22 bits per heavy atom. The molecule has 0 spiro atoms. The van der Waals surface area contributed by atoms with Crippen molar-refractivity contribution < 1.29 is 19.5 Å². The van der Waals surface area contributed by atoms with Gasteiger partial charge in [0.2, 0.25) is 11.8 Å². The largest absolute Gasteiger partial charge is 0.479 e. The highest BCUT2D eigenvalue weighted by molar-refractivity contribution is 5.87. The zero-order valence-corrected chi connectivity index (χ0v) is 9.84. The monoisotopic (exact) mass is 250 g/mol. The first kappa shape index (κ1) is 13.7. The van der Waals surface area contributed by atoms with Crippen molar-refractivity contribution >= 4 is 17.8 Å². The fraction of sp³-hybridized carbons (Fsp3) is 0.250. The second kappa shape index (κ2) is 6.39. The molecule has 1 atom stereocenters. The summed E-state index contributed by atoms with van der Waals surface area (Å²) in [4.78, 5) is 33.1. The van der Waals surface area contributed by atoms with E-state index in [2.05, 4.69) is 10.6 Å². The molecule has 2 amide bonds. The van der Waals surface area contributed by atoms with Crippen LogP contribution in [0, 0.1) is 0 Å². The van der Waals surface area contributed by atoms with E-state index in [1.807, 2.05) is 0 Å². The van der Waals surface area contributed by atoms with Gasteiger partial charge in [0, 0.05) is 6.92 Å². The predicted molar refractivity (Wildman–Crippen MR) is 63.6 cm³/mol. The molecule has 0 saturated heterocycles. The number of carboxylic acid groups (broad SMARTS) is 1. The minimum atomic E-state index is -1.16. The van der Waals surface area contributed by atoms with Gasteiger partial charge in [0.25, 0.3) is 0 Å². The molecule has 0 radical (unpaired) electrons. The van der Waals surface area contributed by atoms with Crippen LogP contribution in [0.5, 0.6) is 0 Å². The van der Waals surface area contributed by atoms with Gasteiger partial charge in [0.15, 0.2) is 6.04 Å². The molecule has 3 N–H and O–H groups in total. The summed E-state index contributed by atoms with van der Waals surface area (Å²) < 4.78 is 0. The maximum Gasteiger partial charge on any atom is 0.330 e. The van der Waals surface area contributed by atoms with Crippen molar-refractivity contribution in [2.75, 3.05) is 6.54 Å². The standard InChI is InChI=1S/C12H14N2O4/c1-8(15)13-7-10(16)14-11(12(17)18)9-5-3-2-4-6-9/h2-6,11H,7H2,1H3,(H,13,15)(H,14,16)(H,17,18). The minimum absolute atomic E-state index is 0.244. The zero-order chi connectivity index (χ0) is 13.5. The average molecular weight is 250 g/mol. The van der Waals surface area contributed by atoms with Gasteiger partial charge in [-0.25, -0.2) is 4.79 Å². The van der Waals surface area contributed by atoms with Gasteiger partial charge >= 0.3 is 5.97 Å². The quantitative estimate of drug-likeness (QED) is 0.688. The maximum absolute atomic E-state index is 11.4. The summed E-state index contributed by atoms with van der Waals surface area (Å²) in [5, 5.41) is 13.7. The first-order chi connectivity index (χ1) is 8.50. The van der Waals surface area contributed by atoms with Gasteiger partial charge in [-0.15, -0.1) is 0 Å². The van der Waals surface area contributed by atoms with Crippen molar-refractivity contribution in [3.63, 3.8) is 0 Å². The lowest BCUT2D eigenvalue weighted by atomic mass is 10.1. The highest BCUT2D eigenvalue weighted by Gasteiger charge is 2.21. The molecular formula is C12H14N2O4. The summed E-state index contributed by atoms with van der Waals surface area (Å²) in [5.74, 6) is -2.06. The van der Waals surface area contributed by atoms with E-state index in [0.29, 0.717) is 5.56 Å². The fourth-order valence-corrected chi connectivity index (χ4v) is 1.35. The second-order valence-electron chi connectivity index (χ2n) is 3.66. The number of hydrogen-bond acceptors (Lipinski definition) is 3. The molecular weight excluding hydrogens is 236 g/mol. The number of benzene rings is 1. The molecule has 0 saturated carbocycles. The Balaban J connectivity index is 2.67. The second-order valence-corrected chi connectivity index (χ2v) is 3.66. The molecule has 0 aliphatic heterocycles. The number of amides is 2. The molecule has 0 aliphatic rings. The lowest BCUT2D eigenvalue weighted by molar-refractivity contribution is -0.141. The van der Waals surface area contributed by atoms with Crippen molar-refractivity contribution in [2.24, 2.45) is 0 Å². The number of rotatable bonds is 5. The number of nitrogens with one attached hydrogen (secondary N) is 2. The Bertz CT molecular complexity index is 445. The molecule has 6 heteroatoms. The highest BCUT2D eigenvalue weighted by Crippen LogP contribution is 2.12. The summed E-state index contributed by atoms with van der Waals surface area (Å²) in [6.07, 6.45) is 0. The Morgan fingerprint density at radius 3 is 2.33 bits per heavy atom. The predicted octanol–water partition coefficient (Wildman–Crippen LogP) is 0.0646. The van der Waals surface area contributed by atoms with Gasteiger partial charge in [-0.2, -0.15) is 0 Å². The van der Waals surface area contributed by atoms with Crippen LogP contribution in [0.25, 0.3) is 0 Å². The molecule has 96 valence electrons. The van der Waals surface area contributed by atoms with Crippen molar-refractivity contribution in [1.82, 2.24) is 10.6 Å². The molecule has 0 fully saturated rings. The van der Waals surface area contributed by atoms with Crippen LogP contribution in [0.3, 0.4) is 0 Å². The Labute approximate surface area is 104 Å². The van der Waals surface area contributed by atoms with Crippen LogP contribution >= 0.6 is 0 Å². The molecule has 1 rings (SSSR count). The van der Waals surface area contributed by atoms with E-state index in [1.165, 1.54) is 6.92 Å². The van der Waals surface area contributed by atoms with E-state index in [9.17, 15) is 14.4 Å². The van der Waals surface area contributed by atoms with Gasteiger partial charge in [-0.1, -0.05) is 30.3 Å².